The Morgan fingerprint density at radius 2 is 1.88 bits per heavy atom. The van der Waals surface area contributed by atoms with Crippen molar-refractivity contribution in [2.45, 2.75) is 68.6 Å². The monoisotopic (exact) mass is 237 g/mol. The van der Waals surface area contributed by atoms with Crippen molar-refractivity contribution in [3.05, 3.63) is 0 Å². The summed E-state index contributed by atoms with van der Waals surface area (Å²) in [6.45, 7) is 0. The summed E-state index contributed by atoms with van der Waals surface area (Å²) in [4.78, 5) is 14.5. The smallest absolute Gasteiger partial charge is 0.240 e. The normalized spacial score (nSPS) is 39.8. The van der Waals surface area contributed by atoms with Gasteiger partial charge < -0.3 is 16.0 Å². The topological polar surface area (TPSA) is 58.4 Å². The second-order valence-corrected chi connectivity index (χ2v) is 6.20. The van der Waals surface area contributed by atoms with Crippen molar-refractivity contribution in [3.63, 3.8) is 0 Å². The van der Waals surface area contributed by atoms with Crippen LogP contribution in [0, 0.1) is 0 Å². The lowest BCUT2D eigenvalue weighted by Crippen LogP contribution is -2.57. The van der Waals surface area contributed by atoms with Crippen molar-refractivity contribution < 1.29 is 4.79 Å². The molecule has 2 unspecified atom stereocenters. The van der Waals surface area contributed by atoms with Crippen LogP contribution in [0.15, 0.2) is 0 Å². The third-order valence-corrected chi connectivity index (χ3v) is 4.92. The Morgan fingerprint density at radius 3 is 2.41 bits per heavy atom. The Kier molecular flexibility index (Phi) is 2.67. The molecule has 0 radical (unpaired) electrons. The fourth-order valence-corrected chi connectivity index (χ4v) is 3.42. The van der Waals surface area contributed by atoms with Gasteiger partial charge in [-0.2, -0.15) is 0 Å². The van der Waals surface area contributed by atoms with E-state index in [4.69, 9.17) is 5.73 Å². The molecule has 2 bridgehead atoms. The quantitative estimate of drug-likeness (QED) is 0.740. The first-order valence-electron chi connectivity index (χ1n) is 6.90. The maximum atomic E-state index is 11.9. The number of fused-ring (bicyclic) bond motifs is 2. The number of nitrogens with two attached hydrogens (primary N) is 1. The van der Waals surface area contributed by atoms with Crippen LogP contribution in [0.4, 0.5) is 0 Å². The van der Waals surface area contributed by atoms with Gasteiger partial charge in [-0.25, -0.2) is 0 Å². The molecule has 2 saturated heterocycles. The Bertz CT molecular complexity index is 313. The van der Waals surface area contributed by atoms with Gasteiger partial charge in [-0.05, 0) is 45.6 Å². The van der Waals surface area contributed by atoms with Crippen LogP contribution in [0.25, 0.3) is 0 Å². The molecule has 1 aliphatic carbocycles. The van der Waals surface area contributed by atoms with Crippen LogP contribution < -0.4 is 11.1 Å². The molecule has 3 aliphatic rings. The van der Waals surface area contributed by atoms with Crippen LogP contribution in [0.2, 0.25) is 0 Å². The minimum Gasteiger partial charge on any atom is -0.352 e. The third-order valence-electron chi connectivity index (χ3n) is 4.92. The molecule has 3 N–H and O–H groups in total. The molecule has 0 aromatic heterocycles. The van der Waals surface area contributed by atoms with Crippen molar-refractivity contribution in [3.8, 4) is 0 Å². The highest BCUT2D eigenvalue weighted by Crippen LogP contribution is 2.35. The lowest BCUT2D eigenvalue weighted by atomic mass is 9.82. The fourth-order valence-electron chi connectivity index (χ4n) is 3.42. The summed E-state index contributed by atoms with van der Waals surface area (Å²) in [7, 11) is 2.23. The molecule has 4 nitrogen and oxygen atoms in total. The van der Waals surface area contributed by atoms with Gasteiger partial charge >= 0.3 is 0 Å². The summed E-state index contributed by atoms with van der Waals surface area (Å²) in [6, 6.07) is 1.69. The van der Waals surface area contributed by atoms with E-state index in [9.17, 15) is 4.79 Å². The van der Waals surface area contributed by atoms with E-state index in [0.29, 0.717) is 18.1 Å². The van der Waals surface area contributed by atoms with Crippen molar-refractivity contribution in [2.75, 3.05) is 7.05 Å². The zero-order chi connectivity index (χ0) is 12.0. The van der Waals surface area contributed by atoms with Crippen molar-refractivity contribution in [2.24, 2.45) is 5.73 Å². The van der Waals surface area contributed by atoms with Crippen molar-refractivity contribution in [1.29, 1.82) is 0 Å². The van der Waals surface area contributed by atoms with Gasteiger partial charge in [-0.1, -0.05) is 6.42 Å². The van der Waals surface area contributed by atoms with Gasteiger partial charge in [0.25, 0.3) is 0 Å². The highest BCUT2D eigenvalue weighted by molar-refractivity contribution is 5.89. The minimum absolute atomic E-state index is 0.0881. The second kappa shape index (κ2) is 3.95. The summed E-state index contributed by atoms with van der Waals surface area (Å²) < 4.78 is 0. The van der Waals surface area contributed by atoms with Crippen LogP contribution >= 0.6 is 0 Å². The van der Waals surface area contributed by atoms with E-state index in [0.717, 1.165) is 25.7 Å². The SMILES string of the molecule is CN1C2CCCC1CC(NC(=O)C1(N)CC1)C2. The number of nitrogens with one attached hydrogen (secondary N) is 1. The van der Waals surface area contributed by atoms with Gasteiger partial charge in [0.1, 0.15) is 0 Å². The molecule has 0 aromatic rings. The molecule has 0 aromatic carbocycles. The first-order chi connectivity index (χ1) is 8.08. The lowest BCUT2D eigenvalue weighted by molar-refractivity contribution is -0.124. The predicted octanol–water partition coefficient (Wildman–Crippen LogP) is 0.609. The van der Waals surface area contributed by atoms with Crippen molar-refractivity contribution >= 4 is 5.91 Å². The fraction of sp³-hybridized carbons (Fsp3) is 0.923. The summed E-state index contributed by atoms with van der Waals surface area (Å²) in [5.74, 6) is 0.0881. The van der Waals surface area contributed by atoms with Gasteiger partial charge in [-0.15, -0.1) is 0 Å². The van der Waals surface area contributed by atoms with Crippen LogP contribution in [0.1, 0.15) is 44.9 Å². The van der Waals surface area contributed by atoms with Crippen LogP contribution in [0.5, 0.6) is 0 Å². The number of amides is 1. The van der Waals surface area contributed by atoms with Gasteiger partial charge in [-0.3, -0.25) is 4.79 Å². The van der Waals surface area contributed by atoms with E-state index < -0.39 is 5.54 Å². The number of hydrogen-bond acceptors (Lipinski definition) is 3. The van der Waals surface area contributed by atoms with E-state index in [-0.39, 0.29) is 5.91 Å². The Balaban J connectivity index is 1.60. The molecule has 2 atom stereocenters. The Hall–Kier alpha value is -0.610. The number of carbonyl (C=O) groups is 1. The molecule has 17 heavy (non-hydrogen) atoms. The van der Waals surface area contributed by atoms with Crippen LogP contribution in [-0.2, 0) is 4.79 Å². The number of nitrogens with zero attached hydrogens (tertiary/aromatic N) is 1. The van der Waals surface area contributed by atoms with Crippen LogP contribution in [0.3, 0.4) is 0 Å². The van der Waals surface area contributed by atoms with E-state index in [1.807, 2.05) is 0 Å². The number of rotatable bonds is 2. The third kappa shape index (κ3) is 2.08. The summed E-state index contributed by atoms with van der Waals surface area (Å²) in [5, 5.41) is 3.18. The maximum Gasteiger partial charge on any atom is 0.240 e. The summed E-state index contributed by atoms with van der Waals surface area (Å²) in [5.41, 5.74) is 5.41. The average molecular weight is 237 g/mol. The highest BCUT2D eigenvalue weighted by Gasteiger charge is 2.47. The molecule has 0 spiro atoms. The molecule has 96 valence electrons. The summed E-state index contributed by atoms with van der Waals surface area (Å²) in [6.07, 6.45) is 7.85. The standard InChI is InChI=1S/C13H23N3O/c1-16-10-3-2-4-11(16)8-9(7-10)15-12(17)13(14)5-6-13/h9-11H,2-8,14H2,1H3,(H,15,17). The first kappa shape index (κ1) is 11.5. The molecule has 4 heteroatoms. The molecule has 3 rings (SSSR count). The largest absolute Gasteiger partial charge is 0.352 e. The van der Waals surface area contributed by atoms with E-state index in [1.165, 1.54) is 19.3 Å². The van der Waals surface area contributed by atoms with Gasteiger partial charge in [0.2, 0.25) is 5.91 Å². The number of hydrogen-bond donors (Lipinski definition) is 2. The van der Waals surface area contributed by atoms with E-state index >= 15 is 0 Å². The van der Waals surface area contributed by atoms with Gasteiger partial charge in [0, 0.05) is 18.1 Å². The predicted molar refractivity (Wildman–Crippen MR) is 66.5 cm³/mol. The first-order valence-corrected chi connectivity index (χ1v) is 6.90. The lowest BCUT2D eigenvalue weighted by Gasteiger charge is -2.47. The van der Waals surface area contributed by atoms with Gasteiger partial charge in [0.15, 0.2) is 0 Å². The second-order valence-electron chi connectivity index (χ2n) is 6.20. The molecule has 1 amide bonds. The number of carbonyl (C=O) groups excluding carboxylic acids is 1. The van der Waals surface area contributed by atoms with Gasteiger partial charge in [0.05, 0.1) is 5.54 Å². The zero-order valence-electron chi connectivity index (χ0n) is 10.6. The van der Waals surface area contributed by atoms with Crippen molar-refractivity contribution in [1.82, 2.24) is 10.2 Å². The molecular weight excluding hydrogens is 214 g/mol. The Labute approximate surface area is 103 Å². The maximum absolute atomic E-state index is 11.9. The van der Waals surface area contributed by atoms with E-state index in [1.54, 1.807) is 0 Å². The summed E-state index contributed by atoms with van der Waals surface area (Å²) >= 11 is 0. The van der Waals surface area contributed by atoms with Crippen LogP contribution in [-0.4, -0.2) is 41.5 Å². The Morgan fingerprint density at radius 1 is 1.29 bits per heavy atom. The van der Waals surface area contributed by atoms with E-state index in [2.05, 4.69) is 17.3 Å². The molecular formula is C13H23N3O. The molecule has 2 heterocycles. The number of piperidine rings is 2. The molecule has 2 aliphatic heterocycles. The average Bonchev–Trinajstić information content (AvgIpc) is 2.99. The zero-order valence-corrected chi connectivity index (χ0v) is 10.6. The molecule has 3 fully saturated rings. The highest BCUT2D eigenvalue weighted by atomic mass is 16.2. The minimum atomic E-state index is -0.515. The molecule has 1 saturated carbocycles.